The Bertz CT molecular complexity index is 1010. The predicted molar refractivity (Wildman–Crippen MR) is 107 cm³/mol. The van der Waals surface area contributed by atoms with E-state index in [2.05, 4.69) is 10.1 Å². The van der Waals surface area contributed by atoms with Gasteiger partial charge in [0, 0.05) is 25.1 Å². The molecule has 2 aromatic carbocycles. The first-order valence-electron chi connectivity index (χ1n) is 10.0. The molecule has 2 fully saturated rings. The molecule has 168 valence electrons. The predicted octanol–water partition coefficient (Wildman–Crippen LogP) is 1.98. The first-order valence-corrected chi connectivity index (χ1v) is 10.0. The highest BCUT2D eigenvalue weighted by molar-refractivity contribution is 5.99. The summed E-state index contributed by atoms with van der Waals surface area (Å²) in [6.45, 7) is 0.422. The lowest BCUT2D eigenvalue weighted by Gasteiger charge is -2.45. The van der Waals surface area contributed by atoms with Crippen molar-refractivity contribution in [3.63, 3.8) is 0 Å². The second kappa shape index (κ2) is 8.52. The molecule has 0 aromatic heterocycles. The number of rotatable bonds is 4. The molecule has 2 aromatic rings. The zero-order chi connectivity index (χ0) is 22.9. The Hall–Kier alpha value is -3.56. The maximum absolute atomic E-state index is 12.9. The number of alkyl halides is 3. The minimum atomic E-state index is -4.82. The van der Waals surface area contributed by atoms with Gasteiger partial charge in [-0.05, 0) is 29.8 Å². The summed E-state index contributed by atoms with van der Waals surface area (Å²) in [6, 6.07) is 12.5. The minimum absolute atomic E-state index is 0.00919. The lowest BCUT2D eigenvalue weighted by molar-refractivity contribution is -0.274. The summed E-state index contributed by atoms with van der Waals surface area (Å²) in [7, 11) is 0. The molecule has 0 bridgehead atoms. The summed E-state index contributed by atoms with van der Waals surface area (Å²) < 4.78 is 40.7. The maximum Gasteiger partial charge on any atom is 0.573 e. The summed E-state index contributed by atoms with van der Waals surface area (Å²) in [4.78, 5) is 41.3. The van der Waals surface area contributed by atoms with E-state index < -0.39 is 30.1 Å². The van der Waals surface area contributed by atoms with Crippen molar-refractivity contribution >= 4 is 17.7 Å². The summed E-state index contributed by atoms with van der Waals surface area (Å²) in [6.07, 6.45) is -4.44. The van der Waals surface area contributed by atoms with Crippen LogP contribution in [0, 0.1) is 0 Å². The second-order valence-electron chi connectivity index (χ2n) is 7.62. The van der Waals surface area contributed by atoms with Crippen LogP contribution in [0.15, 0.2) is 54.6 Å². The van der Waals surface area contributed by atoms with Crippen LogP contribution in [0.3, 0.4) is 0 Å². The Balaban J connectivity index is 1.41. The largest absolute Gasteiger partial charge is 0.573 e. The molecule has 4 rings (SSSR count). The van der Waals surface area contributed by atoms with Crippen LogP contribution in [0.25, 0.3) is 0 Å². The van der Waals surface area contributed by atoms with Crippen molar-refractivity contribution in [2.24, 2.45) is 0 Å². The van der Waals surface area contributed by atoms with Gasteiger partial charge in [-0.15, -0.1) is 13.2 Å². The van der Waals surface area contributed by atoms with Crippen LogP contribution in [0.5, 0.6) is 5.75 Å². The number of halogens is 3. The van der Waals surface area contributed by atoms with Crippen molar-refractivity contribution < 1.29 is 32.3 Å². The number of hydrogen-bond donors (Lipinski definition) is 1. The Morgan fingerprint density at radius 3 is 2.38 bits per heavy atom. The molecule has 7 nitrogen and oxygen atoms in total. The highest BCUT2D eigenvalue weighted by Gasteiger charge is 2.44. The van der Waals surface area contributed by atoms with Crippen molar-refractivity contribution in [2.45, 2.75) is 24.9 Å². The van der Waals surface area contributed by atoms with E-state index in [0.29, 0.717) is 6.42 Å². The van der Waals surface area contributed by atoms with E-state index in [4.69, 9.17) is 0 Å². The van der Waals surface area contributed by atoms with Crippen LogP contribution in [0.4, 0.5) is 13.2 Å². The van der Waals surface area contributed by atoms with Gasteiger partial charge in [-0.25, -0.2) is 0 Å². The van der Waals surface area contributed by atoms with Gasteiger partial charge in [-0.3, -0.25) is 14.4 Å². The van der Waals surface area contributed by atoms with Gasteiger partial charge in [-0.2, -0.15) is 0 Å². The number of hydrogen-bond acceptors (Lipinski definition) is 4. The van der Waals surface area contributed by atoms with E-state index in [0.717, 1.165) is 17.7 Å². The van der Waals surface area contributed by atoms with Crippen LogP contribution in [-0.2, 0) is 16.0 Å². The van der Waals surface area contributed by atoms with Gasteiger partial charge in [0.1, 0.15) is 17.8 Å². The van der Waals surface area contributed by atoms with Crippen LogP contribution < -0.4 is 10.1 Å². The molecule has 0 spiro atoms. The van der Waals surface area contributed by atoms with Crippen LogP contribution >= 0.6 is 0 Å². The van der Waals surface area contributed by atoms with Gasteiger partial charge in [0.15, 0.2) is 0 Å². The Morgan fingerprint density at radius 2 is 1.72 bits per heavy atom. The van der Waals surface area contributed by atoms with E-state index in [1.165, 1.54) is 21.9 Å². The van der Waals surface area contributed by atoms with Crippen LogP contribution in [0.1, 0.15) is 15.9 Å². The standard InChI is InChI=1S/C22H20F3N3O4/c23-22(24,25)32-16-8-6-15(7-9-16)20(30)27-10-11-28-18(13-27)19(29)26-17(21(28)31)12-14-4-2-1-3-5-14/h1-9,17-18H,10-13H2,(H,26,29)/t17-,18+/m0/s1. The summed E-state index contributed by atoms with van der Waals surface area (Å²) in [5, 5.41) is 2.75. The molecule has 2 atom stereocenters. The number of ether oxygens (including phenoxy) is 1. The fraction of sp³-hybridized carbons (Fsp3) is 0.318. The zero-order valence-corrected chi connectivity index (χ0v) is 16.8. The van der Waals surface area contributed by atoms with Gasteiger partial charge >= 0.3 is 6.36 Å². The summed E-state index contributed by atoms with van der Waals surface area (Å²) >= 11 is 0. The third-order valence-corrected chi connectivity index (χ3v) is 5.49. The highest BCUT2D eigenvalue weighted by atomic mass is 19.4. The van der Waals surface area contributed by atoms with Crippen LogP contribution in [-0.4, -0.2) is 65.6 Å². The average molecular weight is 447 g/mol. The number of nitrogens with one attached hydrogen (secondary N) is 1. The first kappa shape index (κ1) is 21.7. The fourth-order valence-corrected chi connectivity index (χ4v) is 3.96. The normalized spacial score (nSPS) is 21.1. The third kappa shape index (κ3) is 4.68. The molecule has 10 heteroatoms. The van der Waals surface area contributed by atoms with Crippen molar-refractivity contribution in [2.75, 3.05) is 19.6 Å². The van der Waals surface area contributed by atoms with Crippen molar-refractivity contribution in [1.29, 1.82) is 0 Å². The number of carbonyl (C=O) groups is 3. The van der Waals surface area contributed by atoms with Crippen molar-refractivity contribution in [3.8, 4) is 5.75 Å². The number of benzene rings is 2. The number of nitrogens with zero attached hydrogens (tertiary/aromatic N) is 2. The smallest absolute Gasteiger partial charge is 0.406 e. The van der Waals surface area contributed by atoms with E-state index in [1.54, 1.807) is 0 Å². The molecular weight excluding hydrogens is 427 g/mol. The molecule has 1 N–H and O–H groups in total. The molecule has 0 saturated carbocycles. The Kier molecular flexibility index (Phi) is 5.77. The lowest BCUT2D eigenvalue weighted by atomic mass is 9.98. The van der Waals surface area contributed by atoms with Gasteiger partial charge < -0.3 is 19.9 Å². The molecule has 2 heterocycles. The number of piperazine rings is 2. The Labute approximate surface area is 181 Å². The number of amides is 3. The fourth-order valence-electron chi connectivity index (χ4n) is 3.96. The third-order valence-electron chi connectivity index (χ3n) is 5.49. The molecule has 0 radical (unpaired) electrons. The van der Waals surface area contributed by atoms with Crippen LogP contribution in [0.2, 0.25) is 0 Å². The van der Waals surface area contributed by atoms with E-state index >= 15 is 0 Å². The van der Waals surface area contributed by atoms with Gasteiger partial charge in [0.05, 0.1) is 6.54 Å². The Morgan fingerprint density at radius 1 is 1.03 bits per heavy atom. The molecule has 0 aliphatic carbocycles. The first-order chi connectivity index (χ1) is 15.2. The zero-order valence-electron chi connectivity index (χ0n) is 16.8. The topological polar surface area (TPSA) is 79.0 Å². The van der Waals surface area contributed by atoms with E-state index in [9.17, 15) is 27.6 Å². The molecular formula is C22H20F3N3O4. The SMILES string of the molecule is O=C1N[C@@H](Cc2ccccc2)C(=O)N2CCN(C(=O)c3ccc(OC(F)(F)F)cc3)C[C@H]12. The van der Waals surface area contributed by atoms with Gasteiger partial charge in [0.25, 0.3) is 5.91 Å². The molecule has 3 amide bonds. The molecule has 32 heavy (non-hydrogen) atoms. The number of fused-ring (bicyclic) bond motifs is 1. The molecule has 2 saturated heterocycles. The van der Waals surface area contributed by atoms with Gasteiger partial charge in [-0.1, -0.05) is 30.3 Å². The summed E-state index contributed by atoms with van der Waals surface area (Å²) in [5.41, 5.74) is 1.09. The van der Waals surface area contributed by atoms with Crippen molar-refractivity contribution in [3.05, 3.63) is 65.7 Å². The molecule has 2 aliphatic rings. The highest BCUT2D eigenvalue weighted by Crippen LogP contribution is 2.24. The number of carbonyl (C=O) groups excluding carboxylic acids is 3. The molecule has 2 aliphatic heterocycles. The lowest BCUT2D eigenvalue weighted by Crippen LogP contribution is -2.70. The maximum atomic E-state index is 12.9. The average Bonchev–Trinajstić information content (AvgIpc) is 2.76. The van der Waals surface area contributed by atoms with Gasteiger partial charge in [0.2, 0.25) is 11.8 Å². The van der Waals surface area contributed by atoms with E-state index in [-0.39, 0.29) is 37.0 Å². The molecule has 0 unspecified atom stereocenters. The monoisotopic (exact) mass is 447 g/mol. The quantitative estimate of drug-likeness (QED) is 0.778. The van der Waals surface area contributed by atoms with Crippen molar-refractivity contribution in [1.82, 2.24) is 15.1 Å². The summed E-state index contributed by atoms with van der Waals surface area (Å²) in [5.74, 6) is -1.40. The van der Waals surface area contributed by atoms with E-state index in [1.807, 2.05) is 30.3 Å². The minimum Gasteiger partial charge on any atom is -0.406 e. The second-order valence-corrected chi connectivity index (χ2v) is 7.62.